The van der Waals surface area contributed by atoms with Crippen LogP contribution in [0.5, 0.6) is 5.75 Å². The summed E-state index contributed by atoms with van der Waals surface area (Å²) >= 11 is 0. The fourth-order valence-electron chi connectivity index (χ4n) is 1.94. The van der Waals surface area contributed by atoms with E-state index in [0.29, 0.717) is 24.2 Å². The zero-order chi connectivity index (χ0) is 16.9. The molecule has 2 rings (SSSR count). The Bertz CT molecular complexity index is 653. The zero-order valence-electron chi connectivity index (χ0n) is 12.0. The van der Waals surface area contributed by atoms with E-state index in [1.54, 1.807) is 30.7 Å². The number of nitrogens with two attached hydrogens (primary N) is 1. The number of halogens is 3. The highest BCUT2D eigenvalue weighted by Crippen LogP contribution is 2.27. The molecular weight excluding hydrogens is 309 g/mol. The summed E-state index contributed by atoms with van der Waals surface area (Å²) in [6.45, 7) is 0. The lowest BCUT2D eigenvalue weighted by molar-refractivity contribution is -0.141. The fourth-order valence-corrected chi connectivity index (χ4v) is 1.94. The van der Waals surface area contributed by atoms with E-state index in [9.17, 15) is 18.0 Å². The highest BCUT2D eigenvalue weighted by Gasteiger charge is 2.31. The molecule has 0 fully saturated rings. The molecule has 0 saturated heterocycles. The second kappa shape index (κ2) is 7.13. The van der Waals surface area contributed by atoms with Gasteiger partial charge in [0.2, 0.25) is 0 Å². The Balaban J connectivity index is 1.84. The van der Waals surface area contributed by atoms with Crippen LogP contribution in [0, 0.1) is 6.42 Å². The van der Waals surface area contributed by atoms with Gasteiger partial charge in [0.05, 0.1) is 0 Å². The average molecular weight is 323 g/mol. The Morgan fingerprint density at radius 2 is 1.87 bits per heavy atom. The number of carbonyl (C=O) groups is 1. The smallest absolute Gasteiger partial charge is 0.411 e. The second-order valence-corrected chi connectivity index (χ2v) is 4.78. The molecule has 121 valence electrons. The number of pyridine rings is 1. The van der Waals surface area contributed by atoms with Crippen LogP contribution in [-0.4, -0.2) is 11.1 Å². The highest BCUT2D eigenvalue weighted by atomic mass is 19.4. The van der Waals surface area contributed by atoms with E-state index in [1.807, 2.05) is 0 Å². The lowest BCUT2D eigenvalue weighted by Crippen LogP contribution is -2.16. The van der Waals surface area contributed by atoms with Crippen LogP contribution in [0.15, 0.2) is 42.6 Å². The van der Waals surface area contributed by atoms with Gasteiger partial charge in [0.15, 0.2) is 0 Å². The van der Waals surface area contributed by atoms with Crippen LogP contribution in [-0.2, 0) is 12.6 Å². The van der Waals surface area contributed by atoms with Crippen LogP contribution in [0.2, 0.25) is 0 Å². The minimum absolute atomic E-state index is 0.358. The molecule has 1 amide bonds. The molecule has 1 radical (unpaired) electrons. The first-order valence-corrected chi connectivity index (χ1v) is 6.77. The number of hydrogen-bond acceptors (Lipinski definition) is 3. The Kier molecular flexibility index (Phi) is 5.20. The van der Waals surface area contributed by atoms with Crippen molar-refractivity contribution in [3.8, 4) is 5.75 Å². The first-order valence-electron chi connectivity index (χ1n) is 6.77. The first-order chi connectivity index (χ1) is 10.8. The molecule has 2 aromatic rings. The number of carbonyl (C=O) groups excluding carboxylic acids is 1. The van der Waals surface area contributed by atoms with Gasteiger partial charge in [-0.1, -0.05) is 18.2 Å². The maximum absolute atomic E-state index is 12.4. The van der Waals surface area contributed by atoms with Gasteiger partial charge in [-0.05, 0) is 48.6 Å². The summed E-state index contributed by atoms with van der Waals surface area (Å²) in [5.41, 5.74) is 5.63. The van der Waals surface area contributed by atoms with Crippen LogP contribution >= 0.6 is 0 Å². The van der Waals surface area contributed by atoms with Gasteiger partial charge in [-0.2, -0.15) is 13.2 Å². The summed E-state index contributed by atoms with van der Waals surface area (Å²) in [6, 6.07) is 9.18. The van der Waals surface area contributed by atoms with Gasteiger partial charge in [-0.25, -0.2) is 4.79 Å². The molecule has 1 aromatic heterocycles. The third-order valence-corrected chi connectivity index (χ3v) is 3.03. The average Bonchev–Trinajstić information content (AvgIpc) is 2.48. The van der Waals surface area contributed by atoms with Gasteiger partial charge >= 0.3 is 12.3 Å². The van der Waals surface area contributed by atoms with E-state index < -0.39 is 18.0 Å². The number of alkyl halides is 3. The molecule has 4 nitrogen and oxygen atoms in total. The van der Waals surface area contributed by atoms with E-state index in [-0.39, 0.29) is 0 Å². The number of aryl methyl sites for hydroxylation is 1. The quantitative estimate of drug-likeness (QED) is 0.911. The molecule has 0 aliphatic rings. The molecule has 1 aromatic carbocycles. The van der Waals surface area contributed by atoms with Crippen molar-refractivity contribution in [2.24, 2.45) is 5.73 Å². The molecule has 1 heterocycles. The van der Waals surface area contributed by atoms with Crippen LogP contribution in [0.4, 0.5) is 18.0 Å². The summed E-state index contributed by atoms with van der Waals surface area (Å²) in [7, 11) is 0. The third kappa shape index (κ3) is 5.28. The van der Waals surface area contributed by atoms with Crippen LogP contribution in [0.3, 0.4) is 0 Å². The number of benzene rings is 1. The number of aromatic nitrogens is 1. The van der Waals surface area contributed by atoms with Crippen molar-refractivity contribution >= 4 is 6.09 Å². The highest BCUT2D eigenvalue weighted by molar-refractivity contribution is 5.68. The molecule has 2 N–H and O–H groups in total. The van der Waals surface area contributed by atoms with Crippen LogP contribution < -0.4 is 10.5 Å². The summed E-state index contributed by atoms with van der Waals surface area (Å²) in [6.07, 6.45) is -0.956. The molecular formula is C16H14F3N2O2. The van der Waals surface area contributed by atoms with Gasteiger partial charge in [-0.3, -0.25) is 4.98 Å². The van der Waals surface area contributed by atoms with Crippen LogP contribution in [0.25, 0.3) is 0 Å². The van der Waals surface area contributed by atoms with Gasteiger partial charge in [0.25, 0.3) is 0 Å². The van der Waals surface area contributed by atoms with Crippen molar-refractivity contribution < 1.29 is 22.7 Å². The largest absolute Gasteiger partial charge is 0.433 e. The zero-order valence-corrected chi connectivity index (χ0v) is 12.0. The van der Waals surface area contributed by atoms with Gasteiger partial charge in [-0.15, -0.1) is 0 Å². The minimum atomic E-state index is -4.42. The number of rotatable bonds is 5. The van der Waals surface area contributed by atoms with Crippen molar-refractivity contribution in [2.45, 2.75) is 19.0 Å². The molecule has 0 aliphatic heterocycles. The number of amides is 1. The summed E-state index contributed by atoms with van der Waals surface area (Å²) in [4.78, 5) is 14.0. The maximum Gasteiger partial charge on any atom is 0.433 e. The van der Waals surface area contributed by atoms with Gasteiger partial charge in [0, 0.05) is 6.20 Å². The van der Waals surface area contributed by atoms with Crippen molar-refractivity contribution in [3.63, 3.8) is 0 Å². The standard InChI is InChI=1S/C16H14F3N2O2/c17-16(18,19)14-9-6-12(10-21-14)3-1-2-11-4-7-13(8-5-11)23-15(20)22/h3-10H,1-2H2,(H2,20,22). The molecule has 7 heteroatoms. The molecule has 0 saturated carbocycles. The van der Waals surface area contributed by atoms with Crippen molar-refractivity contribution in [3.05, 3.63) is 65.8 Å². The minimum Gasteiger partial charge on any atom is -0.411 e. The lowest BCUT2D eigenvalue weighted by atomic mass is 10.0. The van der Waals surface area contributed by atoms with Gasteiger partial charge < -0.3 is 10.5 Å². The van der Waals surface area contributed by atoms with Gasteiger partial charge in [0.1, 0.15) is 11.4 Å². The number of nitrogens with zero attached hydrogens (tertiary/aromatic N) is 1. The lowest BCUT2D eigenvalue weighted by Gasteiger charge is -2.07. The summed E-state index contributed by atoms with van der Waals surface area (Å²) in [5, 5.41) is 0. The van der Waals surface area contributed by atoms with E-state index in [0.717, 1.165) is 11.6 Å². The Morgan fingerprint density at radius 1 is 1.17 bits per heavy atom. The molecule has 0 aliphatic carbocycles. The summed E-state index contributed by atoms with van der Waals surface area (Å²) < 4.78 is 41.9. The number of ether oxygens (including phenoxy) is 1. The molecule has 0 bridgehead atoms. The Labute approximate surface area is 131 Å². The van der Waals surface area contributed by atoms with Crippen molar-refractivity contribution in [1.82, 2.24) is 4.98 Å². The molecule has 0 unspecified atom stereocenters. The molecule has 0 atom stereocenters. The second-order valence-electron chi connectivity index (χ2n) is 4.78. The van der Waals surface area contributed by atoms with Crippen molar-refractivity contribution in [1.29, 1.82) is 0 Å². The van der Waals surface area contributed by atoms with Crippen molar-refractivity contribution in [2.75, 3.05) is 0 Å². The monoisotopic (exact) mass is 323 g/mol. The van der Waals surface area contributed by atoms with E-state index in [2.05, 4.69) is 4.98 Å². The van der Waals surface area contributed by atoms with E-state index in [1.165, 1.54) is 12.3 Å². The fraction of sp³-hybridized carbons (Fsp3) is 0.188. The molecule has 23 heavy (non-hydrogen) atoms. The molecule has 0 spiro atoms. The third-order valence-electron chi connectivity index (χ3n) is 3.03. The number of primary amides is 1. The van der Waals surface area contributed by atoms with E-state index >= 15 is 0 Å². The SMILES string of the molecule is NC(=O)Oc1ccc(CC[CH]c2ccc(C(F)(F)F)nc2)cc1. The predicted octanol–water partition coefficient (Wildman–Crippen LogP) is 3.74. The predicted molar refractivity (Wildman–Crippen MR) is 77.6 cm³/mol. The maximum atomic E-state index is 12.4. The first kappa shape index (κ1) is 16.8. The topological polar surface area (TPSA) is 65.2 Å². The number of hydrogen-bond donors (Lipinski definition) is 1. The van der Waals surface area contributed by atoms with Crippen LogP contribution in [0.1, 0.15) is 23.2 Å². The summed E-state index contributed by atoms with van der Waals surface area (Å²) in [5.74, 6) is 0.358. The normalized spacial score (nSPS) is 11.3. The Morgan fingerprint density at radius 3 is 2.39 bits per heavy atom. The van der Waals surface area contributed by atoms with E-state index in [4.69, 9.17) is 10.5 Å². The Hall–Kier alpha value is -2.57.